The third kappa shape index (κ3) is 5.02. The maximum absolute atomic E-state index is 7.18. The Morgan fingerprint density at radius 3 is 1.69 bits per heavy atom. The Kier molecular flexibility index (Phi) is 7.33. The van der Waals surface area contributed by atoms with Crippen LogP contribution in [0.3, 0.4) is 0 Å². The summed E-state index contributed by atoms with van der Waals surface area (Å²) in [4.78, 5) is 2.50. The predicted octanol–water partition coefficient (Wildman–Crippen LogP) is 12.8. The first kappa shape index (κ1) is 32.7. The first-order valence-corrected chi connectivity index (χ1v) is 20.0. The highest BCUT2D eigenvalue weighted by Crippen LogP contribution is 2.47. The molecule has 12 rings (SSSR count). The molecule has 0 aliphatic carbocycles. The largest absolute Gasteiger partial charge is 0.458 e. The highest BCUT2D eigenvalue weighted by molar-refractivity contribution is 6.92. The van der Waals surface area contributed by atoms with Crippen molar-refractivity contribution in [2.24, 2.45) is 0 Å². The molecule has 0 saturated heterocycles. The fourth-order valence-corrected chi connectivity index (χ4v) is 9.50. The Bertz CT molecular complexity index is 3170. The fraction of sp³-hybridized carbons (Fsp3) is 0. The van der Waals surface area contributed by atoms with Crippen LogP contribution in [0.25, 0.3) is 72.0 Å². The molecule has 0 spiro atoms. The van der Waals surface area contributed by atoms with E-state index in [0.717, 1.165) is 45.0 Å². The van der Waals surface area contributed by atoms with Crippen LogP contribution in [0.2, 0.25) is 0 Å². The molecule has 4 heteroatoms. The molecule has 0 N–H and O–H groups in total. The molecule has 0 atom stereocenters. The van der Waals surface area contributed by atoms with Gasteiger partial charge >= 0.3 is 6.85 Å². The summed E-state index contributed by atoms with van der Waals surface area (Å²) in [5.41, 5.74) is 17.5. The quantitative estimate of drug-likeness (QED) is 0.164. The van der Waals surface area contributed by atoms with Crippen LogP contribution in [-0.4, -0.2) is 11.4 Å². The molecule has 2 aliphatic rings. The minimum atomic E-state index is -0.0949. The summed E-state index contributed by atoms with van der Waals surface area (Å²) in [5.74, 6) is 1.76. The Morgan fingerprint density at radius 1 is 0.362 bits per heavy atom. The van der Waals surface area contributed by atoms with Crippen LogP contribution in [-0.2, 0) is 0 Å². The third-order valence-electron chi connectivity index (χ3n) is 12.0. The van der Waals surface area contributed by atoms with Gasteiger partial charge in [0.2, 0.25) is 0 Å². The second-order valence-corrected chi connectivity index (χ2v) is 15.2. The highest BCUT2D eigenvalue weighted by Gasteiger charge is 2.44. The van der Waals surface area contributed by atoms with E-state index < -0.39 is 0 Å². The van der Waals surface area contributed by atoms with E-state index in [-0.39, 0.29) is 6.85 Å². The molecule has 0 radical (unpaired) electrons. The molecule has 0 amide bonds. The van der Waals surface area contributed by atoms with E-state index in [2.05, 4.69) is 222 Å². The first-order valence-electron chi connectivity index (χ1n) is 20.0. The number of hydrogen-bond donors (Lipinski definition) is 0. The molecule has 0 fully saturated rings. The minimum absolute atomic E-state index is 0.0949. The van der Waals surface area contributed by atoms with Crippen molar-refractivity contribution < 1.29 is 4.74 Å². The number of hydrogen-bond acceptors (Lipinski definition) is 2. The maximum Gasteiger partial charge on any atom is 0.336 e. The van der Waals surface area contributed by atoms with Gasteiger partial charge in [-0.05, 0) is 105 Å². The smallest absolute Gasteiger partial charge is 0.336 e. The number of aromatic nitrogens is 1. The van der Waals surface area contributed by atoms with Gasteiger partial charge in [0.1, 0.15) is 11.5 Å². The van der Waals surface area contributed by atoms with Gasteiger partial charge in [-0.1, -0.05) is 152 Å². The monoisotopic (exact) mass is 738 g/mol. The van der Waals surface area contributed by atoms with Crippen molar-refractivity contribution in [3.63, 3.8) is 0 Å². The molecule has 2 aliphatic heterocycles. The van der Waals surface area contributed by atoms with Gasteiger partial charge in [-0.15, -0.1) is 0 Å². The van der Waals surface area contributed by atoms with Crippen LogP contribution in [0.1, 0.15) is 0 Å². The second kappa shape index (κ2) is 13.0. The lowest BCUT2D eigenvalue weighted by Crippen LogP contribution is -2.59. The molecule has 270 valence electrons. The number of anilines is 2. The van der Waals surface area contributed by atoms with E-state index in [1.807, 2.05) is 0 Å². The average Bonchev–Trinajstić information content (AvgIpc) is 3.64. The van der Waals surface area contributed by atoms with Crippen molar-refractivity contribution in [2.45, 2.75) is 0 Å². The lowest BCUT2D eigenvalue weighted by atomic mass is 9.44. The number of nitrogens with zero attached hydrogens (tertiary/aromatic N) is 2. The molecule has 3 nitrogen and oxygen atoms in total. The van der Waals surface area contributed by atoms with Crippen molar-refractivity contribution in [1.82, 2.24) is 4.57 Å². The van der Waals surface area contributed by atoms with E-state index >= 15 is 0 Å². The van der Waals surface area contributed by atoms with Crippen molar-refractivity contribution in [3.8, 4) is 61.7 Å². The van der Waals surface area contributed by atoms with Crippen LogP contribution >= 0.6 is 0 Å². The maximum atomic E-state index is 7.18. The van der Waals surface area contributed by atoms with Crippen molar-refractivity contribution in [2.75, 3.05) is 4.81 Å². The van der Waals surface area contributed by atoms with Gasteiger partial charge in [0.15, 0.2) is 0 Å². The molecule has 10 aromatic rings. The van der Waals surface area contributed by atoms with Gasteiger partial charge in [-0.25, -0.2) is 0 Å². The standard InChI is InChI=1S/C54H35BN2O/c1-3-16-36(17-4-1)42-22-7-8-23-43(42)39-33-47-46-26-11-14-29-51(46)57(40-19-5-2-6-20-40)55-48-31-30-38(34-52(48)58-53(35-39)54(47)55)37-18-15-21-41(32-37)56-49-27-12-9-24-44(49)45-25-10-13-28-50(45)56/h1-35H. The SMILES string of the molecule is c1ccc(-c2ccccc2-c2cc3c4c(c2)-c2ccccc2N(c2ccccc2)B4c2ccc(-c4cccc(-n5c6ccccc6c6ccccc65)c4)cc2O3)cc1. The van der Waals surface area contributed by atoms with Crippen LogP contribution < -0.4 is 20.5 Å². The van der Waals surface area contributed by atoms with E-state index in [1.54, 1.807) is 0 Å². The van der Waals surface area contributed by atoms with E-state index in [1.165, 1.54) is 60.8 Å². The van der Waals surface area contributed by atoms with Gasteiger partial charge in [-0.2, -0.15) is 0 Å². The molecule has 0 saturated carbocycles. The Balaban J connectivity index is 1.05. The van der Waals surface area contributed by atoms with Gasteiger partial charge in [0.05, 0.1) is 11.0 Å². The third-order valence-corrected chi connectivity index (χ3v) is 12.0. The normalized spacial score (nSPS) is 12.6. The molecule has 9 aromatic carbocycles. The predicted molar refractivity (Wildman–Crippen MR) is 243 cm³/mol. The molecule has 3 heterocycles. The summed E-state index contributed by atoms with van der Waals surface area (Å²) >= 11 is 0. The van der Waals surface area contributed by atoms with Crippen LogP contribution in [0.4, 0.5) is 11.4 Å². The van der Waals surface area contributed by atoms with Gasteiger partial charge in [0.25, 0.3) is 0 Å². The number of ether oxygens (including phenoxy) is 1. The molecular formula is C54H35BN2O. The topological polar surface area (TPSA) is 17.4 Å². The van der Waals surface area contributed by atoms with E-state index in [0.29, 0.717) is 0 Å². The Hall–Kier alpha value is -7.56. The minimum Gasteiger partial charge on any atom is -0.458 e. The molecule has 0 unspecified atom stereocenters. The van der Waals surface area contributed by atoms with E-state index in [9.17, 15) is 0 Å². The van der Waals surface area contributed by atoms with Crippen molar-refractivity contribution >= 4 is 51.0 Å². The molecule has 1 aromatic heterocycles. The zero-order valence-electron chi connectivity index (χ0n) is 31.6. The lowest BCUT2D eigenvalue weighted by molar-refractivity contribution is 0.487. The molecular weight excluding hydrogens is 703 g/mol. The Labute approximate surface area is 337 Å². The second-order valence-electron chi connectivity index (χ2n) is 15.2. The fourth-order valence-electron chi connectivity index (χ4n) is 9.50. The summed E-state index contributed by atoms with van der Waals surface area (Å²) in [6.45, 7) is -0.0949. The summed E-state index contributed by atoms with van der Waals surface area (Å²) in [6, 6.07) is 76.7. The van der Waals surface area contributed by atoms with Crippen LogP contribution in [0.15, 0.2) is 212 Å². The summed E-state index contributed by atoms with van der Waals surface area (Å²) in [5, 5.41) is 2.51. The summed E-state index contributed by atoms with van der Waals surface area (Å²) < 4.78 is 9.56. The first-order chi connectivity index (χ1) is 28.8. The zero-order valence-corrected chi connectivity index (χ0v) is 31.6. The lowest BCUT2D eigenvalue weighted by Gasteiger charge is -2.42. The highest BCUT2D eigenvalue weighted by atomic mass is 16.5. The number of rotatable bonds is 5. The van der Waals surface area contributed by atoms with Gasteiger partial charge < -0.3 is 14.1 Å². The number of fused-ring (bicyclic) bond motifs is 7. The van der Waals surface area contributed by atoms with Crippen LogP contribution in [0.5, 0.6) is 11.5 Å². The zero-order chi connectivity index (χ0) is 38.2. The summed E-state index contributed by atoms with van der Waals surface area (Å²) in [6.07, 6.45) is 0. The van der Waals surface area contributed by atoms with Gasteiger partial charge in [-0.3, -0.25) is 0 Å². The van der Waals surface area contributed by atoms with Crippen LogP contribution in [0, 0.1) is 0 Å². The van der Waals surface area contributed by atoms with Crippen molar-refractivity contribution in [3.05, 3.63) is 212 Å². The van der Waals surface area contributed by atoms with Crippen molar-refractivity contribution in [1.29, 1.82) is 0 Å². The molecule has 58 heavy (non-hydrogen) atoms. The Morgan fingerprint density at radius 2 is 0.931 bits per heavy atom. The number of benzene rings is 9. The van der Waals surface area contributed by atoms with Gasteiger partial charge in [0, 0.05) is 38.9 Å². The number of para-hydroxylation sites is 4. The average molecular weight is 739 g/mol. The summed E-state index contributed by atoms with van der Waals surface area (Å²) in [7, 11) is 0. The van der Waals surface area contributed by atoms with E-state index in [4.69, 9.17) is 4.74 Å². The molecule has 0 bridgehead atoms.